The van der Waals surface area contributed by atoms with Gasteiger partial charge in [0, 0.05) is 17.1 Å². The third kappa shape index (κ3) is 4.26. The van der Waals surface area contributed by atoms with E-state index >= 15 is 0 Å². The fourth-order valence-electron chi connectivity index (χ4n) is 10.5. The maximum atomic E-state index is 2.50. The van der Waals surface area contributed by atoms with Gasteiger partial charge in [-0.1, -0.05) is 164 Å². The molecule has 0 saturated heterocycles. The van der Waals surface area contributed by atoms with Crippen molar-refractivity contribution in [1.29, 1.82) is 0 Å². The molecule has 56 heavy (non-hydrogen) atoms. The summed E-state index contributed by atoms with van der Waals surface area (Å²) >= 11 is 0. The maximum absolute atomic E-state index is 2.50. The monoisotopic (exact) mass is 711 g/mol. The van der Waals surface area contributed by atoms with Crippen LogP contribution in [-0.2, 0) is 5.41 Å². The molecule has 1 atom stereocenters. The van der Waals surface area contributed by atoms with Gasteiger partial charge in [-0.15, -0.1) is 0 Å². The molecule has 0 amide bonds. The first-order valence-electron chi connectivity index (χ1n) is 19.8. The van der Waals surface area contributed by atoms with E-state index in [0.29, 0.717) is 0 Å². The molecule has 0 radical (unpaired) electrons. The topological polar surface area (TPSA) is 3.24 Å². The molecule has 3 aliphatic carbocycles. The standard InChI is InChI=1S/C55H37N/c1-2-15-37(16-3-1)56(38-31-29-36(30-32-38)40-24-14-25-49-43-18-5-4-17-41(43)42-19-6-7-23-48(42)54(40)49)39-33-34-47-46-22-10-13-28-52(46)55(53(47)35-39)50-26-11-8-20-44(50)45-21-9-12-27-51(45)55/h1-11,13-26,28-35H,12,27H2. The molecule has 9 aromatic rings. The van der Waals surface area contributed by atoms with Gasteiger partial charge < -0.3 is 4.90 Å². The van der Waals surface area contributed by atoms with Crippen LogP contribution in [0.3, 0.4) is 0 Å². The van der Waals surface area contributed by atoms with E-state index in [2.05, 4.69) is 205 Å². The van der Waals surface area contributed by atoms with Gasteiger partial charge in [0.15, 0.2) is 0 Å². The number of hydrogen-bond donors (Lipinski definition) is 0. The molecular weight excluding hydrogens is 675 g/mol. The van der Waals surface area contributed by atoms with E-state index in [-0.39, 0.29) is 5.41 Å². The Balaban J connectivity index is 1.05. The Labute approximate surface area is 327 Å². The highest BCUT2D eigenvalue weighted by molar-refractivity contribution is 6.28. The molecule has 0 saturated carbocycles. The summed E-state index contributed by atoms with van der Waals surface area (Å²) in [6.07, 6.45) is 6.87. The SMILES string of the molecule is C1=CC2=C(CC1)C1(c3ccccc32)c2ccccc2-c2ccc(N(c3ccccc3)c3ccc(-c4cccc5c6ccccc6c6ccccc6c45)cc3)cc21. The van der Waals surface area contributed by atoms with Gasteiger partial charge in [0.2, 0.25) is 0 Å². The van der Waals surface area contributed by atoms with Gasteiger partial charge in [-0.05, 0) is 137 Å². The molecule has 1 heteroatoms. The minimum atomic E-state index is -0.313. The summed E-state index contributed by atoms with van der Waals surface area (Å²) in [6, 6.07) is 70.1. The Kier molecular flexibility index (Phi) is 6.74. The van der Waals surface area contributed by atoms with Gasteiger partial charge in [-0.2, -0.15) is 0 Å². The minimum Gasteiger partial charge on any atom is -0.310 e. The second-order valence-electron chi connectivity index (χ2n) is 15.4. The number of nitrogens with zero attached hydrogens (tertiary/aromatic N) is 1. The third-order valence-electron chi connectivity index (χ3n) is 12.8. The second kappa shape index (κ2) is 12.0. The van der Waals surface area contributed by atoms with Crippen molar-refractivity contribution in [1.82, 2.24) is 0 Å². The molecule has 0 bridgehead atoms. The van der Waals surface area contributed by atoms with Crippen molar-refractivity contribution >= 4 is 55.0 Å². The van der Waals surface area contributed by atoms with Crippen molar-refractivity contribution < 1.29 is 0 Å². The van der Waals surface area contributed by atoms with Crippen molar-refractivity contribution in [3.05, 3.63) is 228 Å². The Bertz CT molecular complexity index is 3080. The van der Waals surface area contributed by atoms with E-state index in [4.69, 9.17) is 0 Å². The molecule has 0 aromatic heterocycles. The molecule has 1 spiro atoms. The van der Waals surface area contributed by atoms with E-state index in [1.807, 2.05) is 0 Å². The van der Waals surface area contributed by atoms with Gasteiger partial charge in [-0.3, -0.25) is 0 Å². The zero-order chi connectivity index (χ0) is 36.8. The van der Waals surface area contributed by atoms with Gasteiger partial charge in [0.25, 0.3) is 0 Å². The molecule has 12 rings (SSSR count). The highest BCUT2D eigenvalue weighted by Gasteiger charge is 2.52. The smallest absolute Gasteiger partial charge is 0.0689 e. The molecule has 9 aromatic carbocycles. The lowest BCUT2D eigenvalue weighted by Gasteiger charge is -2.34. The van der Waals surface area contributed by atoms with Gasteiger partial charge in [0.05, 0.1) is 5.41 Å². The van der Waals surface area contributed by atoms with Crippen LogP contribution in [0.15, 0.2) is 206 Å². The number of hydrogen-bond acceptors (Lipinski definition) is 1. The Morgan fingerprint density at radius 1 is 0.393 bits per heavy atom. The predicted octanol–water partition coefficient (Wildman–Crippen LogP) is 14.7. The number of allylic oxidation sites excluding steroid dienone is 4. The van der Waals surface area contributed by atoms with Crippen molar-refractivity contribution in [3.8, 4) is 22.3 Å². The normalized spacial score (nSPS) is 16.4. The molecule has 0 heterocycles. The first-order valence-corrected chi connectivity index (χ1v) is 19.8. The number of rotatable bonds is 4. The molecule has 0 fully saturated rings. The van der Waals surface area contributed by atoms with Crippen LogP contribution >= 0.6 is 0 Å². The zero-order valence-corrected chi connectivity index (χ0v) is 30.9. The first kappa shape index (κ1) is 31.4. The zero-order valence-electron chi connectivity index (χ0n) is 30.9. The lowest BCUT2D eigenvalue weighted by Crippen LogP contribution is -2.28. The molecule has 3 aliphatic rings. The van der Waals surface area contributed by atoms with Crippen LogP contribution in [0.5, 0.6) is 0 Å². The Morgan fingerprint density at radius 3 is 1.68 bits per heavy atom. The van der Waals surface area contributed by atoms with Crippen LogP contribution in [0.4, 0.5) is 17.1 Å². The third-order valence-corrected chi connectivity index (χ3v) is 12.8. The number of benzene rings is 9. The molecule has 0 N–H and O–H groups in total. The Morgan fingerprint density at radius 2 is 0.929 bits per heavy atom. The van der Waals surface area contributed by atoms with Crippen molar-refractivity contribution in [3.63, 3.8) is 0 Å². The summed E-state index contributed by atoms with van der Waals surface area (Å²) in [4.78, 5) is 2.43. The highest BCUT2D eigenvalue weighted by Crippen LogP contribution is 2.64. The van der Waals surface area contributed by atoms with Crippen LogP contribution in [0.1, 0.15) is 35.1 Å². The van der Waals surface area contributed by atoms with E-state index in [0.717, 1.165) is 29.9 Å². The molecule has 262 valence electrons. The largest absolute Gasteiger partial charge is 0.310 e. The van der Waals surface area contributed by atoms with Crippen LogP contribution in [0.2, 0.25) is 0 Å². The molecule has 1 nitrogen and oxygen atoms in total. The van der Waals surface area contributed by atoms with Crippen LogP contribution in [-0.4, -0.2) is 0 Å². The van der Waals surface area contributed by atoms with Gasteiger partial charge in [-0.25, -0.2) is 0 Å². The summed E-state index contributed by atoms with van der Waals surface area (Å²) in [7, 11) is 0. The van der Waals surface area contributed by atoms with Gasteiger partial charge >= 0.3 is 0 Å². The minimum absolute atomic E-state index is 0.313. The summed E-state index contributed by atoms with van der Waals surface area (Å²) in [5, 5.41) is 7.78. The quantitative estimate of drug-likeness (QED) is 0.164. The lowest BCUT2D eigenvalue weighted by molar-refractivity contribution is 0.714. The predicted molar refractivity (Wildman–Crippen MR) is 236 cm³/mol. The van der Waals surface area contributed by atoms with E-state index in [1.165, 1.54) is 88.0 Å². The summed E-state index contributed by atoms with van der Waals surface area (Å²) in [5.41, 5.74) is 16.8. The van der Waals surface area contributed by atoms with Crippen molar-refractivity contribution in [2.24, 2.45) is 0 Å². The summed E-state index contributed by atoms with van der Waals surface area (Å²) in [6.45, 7) is 0. The molecule has 0 aliphatic heterocycles. The number of para-hydroxylation sites is 1. The Hall–Kier alpha value is -6.96. The van der Waals surface area contributed by atoms with E-state index in [1.54, 1.807) is 0 Å². The van der Waals surface area contributed by atoms with Crippen LogP contribution < -0.4 is 4.90 Å². The van der Waals surface area contributed by atoms with Crippen molar-refractivity contribution in [2.75, 3.05) is 4.90 Å². The van der Waals surface area contributed by atoms with E-state index in [9.17, 15) is 0 Å². The van der Waals surface area contributed by atoms with E-state index < -0.39 is 0 Å². The van der Waals surface area contributed by atoms with Gasteiger partial charge in [0.1, 0.15) is 0 Å². The fourth-order valence-corrected chi connectivity index (χ4v) is 10.5. The average molecular weight is 712 g/mol. The highest BCUT2D eigenvalue weighted by atomic mass is 15.1. The summed E-state index contributed by atoms with van der Waals surface area (Å²) in [5.74, 6) is 0. The van der Waals surface area contributed by atoms with Crippen LogP contribution in [0.25, 0.3) is 60.1 Å². The number of fused-ring (bicyclic) bond motifs is 15. The maximum Gasteiger partial charge on any atom is 0.0689 e. The molecule has 1 unspecified atom stereocenters. The fraction of sp³-hybridized carbons (Fsp3) is 0.0545. The summed E-state index contributed by atoms with van der Waals surface area (Å²) < 4.78 is 0. The van der Waals surface area contributed by atoms with Crippen LogP contribution in [0, 0.1) is 0 Å². The molecular formula is C55H37N. The average Bonchev–Trinajstić information content (AvgIpc) is 3.74. The second-order valence-corrected chi connectivity index (χ2v) is 15.4. The number of anilines is 3. The first-order chi connectivity index (χ1) is 27.8. The van der Waals surface area contributed by atoms with Crippen molar-refractivity contribution in [2.45, 2.75) is 18.3 Å². The lowest BCUT2D eigenvalue weighted by atomic mass is 9.68.